The third kappa shape index (κ3) is 6.22. The van der Waals surface area contributed by atoms with Gasteiger partial charge in [0.1, 0.15) is 0 Å². The van der Waals surface area contributed by atoms with Crippen LogP contribution in [-0.2, 0) is 11.2 Å². The summed E-state index contributed by atoms with van der Waals surface area (Å²) in [4.78, 5) is 0. The highest BCUT2D eigenvalue weighted by Gasteiger charge is 2.08. The maximum atomic E-state index is 5.13. The number of likely N-dealkylation sites (N-methyl/N-ethyl adjacent to an activating group) is 1. The molecule has 0 aliphatic heterocycles. The van der Waals surface area contributed by atoms with Crippen molar-refractivity contribution in [2.45, 2.75) is 52.0 Å². The fourth-order valence-corrected chi connectivity index (χ4v) is 2.36. The van der Waals surface area contributed by atoms with Gasteiger partial charge in [0.2, 0.25) is 0 Å². The summed E-state index contributed by atoms with van der Waals surface area (Å²) in [5.41, 5.74) is 2.84. The molecule has 2 nitrogen and oxygen atoms in total. The lowest BCUT2D eigenvalue weighted by atomic mass is 9.97. The van der Waals surface area contributed by atoms with Gasteiger partial charge in [0.15, 0.2) is 0 Å². The molecule has 1 N–H and O–H groups in total. The fraction of sp³-hybridized carbons (Fsp3) is 0.647. The number of hydrogen-bond donors (Lipinski definition) is 1. The van der Waals surface area contributed by atoms with Gasteiger partial charge in [-0.25, -0.2) is 0 Å². The van der Waals surface area contributed by atoms with E-state index in [1.54, 1.807) is 7.11 Å². The average Bonchev–Trinajstić information content (AvgIpc) is 2.40. The molecule has 0 bridgehead atoms. The highest BCUT2D eigenvalue weighted by atomic mass is 16.5. The minimum atomic E-state index is 0.560. The van der Waals surface area contributed by atoms with Gasteiger partial charge in [-0.3, -0.25) is 0 Å². The van der Waals surface area contributed by atoms with E-state index in [9.17, 15) is 0 Å². The Hall–Kier alpha value is -0.860. The van der Waals surface area contributed by atoms with E-state index in [0.29, 0.717) is 12.0 Å². The zero-order chi connectivity index (χ0) is 14.1. The molecule has 1 atom stereocenters. The average molecular weight is 263 g/mol. The highest BCUT2D eigenvalue weighted by molar-refractivity contribution is 5.25. The summed E-state index contributed by atoms with van der Waals surface area (Å²) in [6.07, 6.45) is 3.40. The molecule has 0 fully saturated rings. The van der Waals surface area contributed by atoms with Gasteiger partial charge >= 0.3 is 0 Å². The maximum absolute atomic E-state index is 5.13. The Morgan fingerprint density at radius 1 is 1.16 bits per heavy atom. The number of methoxy groups -OCH3 is 1. The molecule has 108 valence electrons. The monoisotopic (exact) mass is 263 g/mol. The first-order chi connectivity index (χ1) is 9.17. The van der Waals surface area contributed by atoms with Crippen LogP contribution in [0, 0.1) is 0 Å². The van der Waals surface area contributed by atoms with Crippen LogP contribution in [0.1, 0.15) is 50.7 Å². The second-order valence-electron chi connectivity index (χ2n) is 5.49. The van der Waals surface area contributed by atoms with Gasteiger partial charge in [-0.15, -0.1) is 0 Å². The molecule has 0 amide bonds. The van der Waals surface area contributed by atoms with Crippen molar-refractivity contribution in [3.63, 3.8) is 0 Å². The van der Waals surface area contributed by atoms with Crippen LogP contribution in [0.25, 0.3) is 0 Å². The normalized spacial score (nSPS) is 12.9. The molecular weight excluding hydrogens is 234 g/mol. The summed E-state index contributed by atoms with van der Waals surface area (Å²) in [7, 11) is 1.77. The van der Waals surface area contributed by atoms with E-state index in [0.717, 1.165) is 26.0 Å². The number of hydrogen-bond acceptors (Lipinski definition) is 2. The van der Waals surface area contributed by atoms with Crippen molar-refractivity contribution in [2.75, 3.05) is 20.3 Å². The van der Waals surface area contributed by atoms with Crippen LogP contribution in [-0.4, -0.2) is 26.3 Å². The molecule has 1 aromatic carbocycles. The predicted molar refractivity (Wildman–Crippen MR) is 82.8 cm³/mol. The molecule has 1 aromatic rings. The Kier molecular flexibility index (Phi) is 7.76. The fourth-order valence-electron chi connectivity index (χ4n) is 2.36. The van der Waals surface area contributed by atoms with Gasteiger partial charge in [0.05, 0.1) is 0 Å². The third-order valence-corrected chi connectivity index (χ3v) is 3.52. The Morgan fingerprint density at radius 2 is 1.84 bits per heavy atom. The van der Waals surface area contributed by atoms with Gasteiger partial charge in [-0.05, 0) is 42.9 Å². The van der Waals surface area contributed by atoms with Crippen molar-refractivity contribution in [3.05, 3.63) is 35.4 Å². The second-order valence-corrected chi connectivity index (χ2v) is 5.49. The number of ether oxygens (including phenoxy) is 1. The van der Waals surface area contributed by atoms with Gasteiger partial charge in [0, 0.05) is 19.8 Å². The summed E-state index contributed by atoms with van der Waals surface area (Å²) >= 11 is 0. The third-order valence-electron chi connectivity index (χ3n) is 3.52. The molecule has 0 saturated heterocycles. The lowest BCUT2D eigenvalue weighted by Crippen LogP contribution is -2.31. The summed E-state index contributed by atoms with van der Waals surface area (Å²) in [6.45, 7) is 8.53. The minimum absolute atomic E-state index is 0.560. The van der Waals surface area contributed by atoms with E-state index < -0.39 is 0 Å². The summed E-state index contributed by atoms with van der Waals surface area (Å²) in [6, 6.07) is 9.63. The first-order valence-electron chi connectivity index (χ1n) is 7.48. The lowest BCUT2D eigenvalue weighted by Gasteiger charge is -2.18. The Morgan fingerprint density at radius 3 is 2.37 bits per heavy atom. The molecule has 0 heterocycles. The van der Waals surface area contributed by atoms with Crippen LogP contribution >= 0.6 is 0 Å². The van der Waals surface area contributed by atoms with Crippen molar-refractivity contribution < 1.29 is 4.74 Å². The Labute approximate surface area is 118 Å². The van der Waals surface area contributed by atoms with Crippen molar-refractivity contribution in [1.82, 2.24) is 5.32 Å². The van der Waals surface area contributed by atoms with Crippen LogP contribution in [0.5, 0.6) is 0 Å². The van der Waals surface area contributed by atoms with Crippen molar-refractivity contribution in [2.24, 2.45) is 0 Å². The molecule has 0 aliphatic rings. The number of nitrogens with one attached hydrogen (secondary N) is 1. The van der Waals surface area contributed by atoms with E-state index in [2.05, 4.69) is 50.4 Å². The molecule has 0 saturated carbocycles. The second kappa shape index (κ2) is 9.11. The van der Waals surface area contributed by atoms with Crippen LogP contribution in [0.4, 0.5) is 0 Å². The van der Waals surface area contributed by atoms with Gasteiger partial charge in [-0.2, -0.15) is 0 Å². The summed E-state index contributed by atoms with van der Waals surface area (Å²) in [5, 5.41) is 3.57. The molecule has 0 aliphatic carbocycles. The predicted octanol–water partition coefficient (Wildman–Crippen LogP) is 3.76. The summed E-state index contributed by atoms with van der Waals surface area (Å²) in [5.74, 6) is 0.611. The topological polar surface area (TPSA) is 21.3 Å². The van der Waals surface area contributed by atoms with E-state index in [1.807, 2.05) is 0 Å². The highest BCUT2D eigenvalue weighted by Crippen LogP contribution is 2.16. The smallest absolute Gasteiger partial charge is 0.0462 e. The van der Waals surface area contributed by atoms with Crippen molar-refractivity contribution >= 4 is 0 Å². The summed E-state index contributed by atoms with van der Waals surface area (Å²) < 4.78 is 5.13. The SMILES string of the molecule is CCNC(CCCOC)Cc1ccc(C(C)C)cc1. The number of benzene rings is 1. The van der Waals surface area contributed by atoms with Crippen LogP contribution in [0.3, 0.4) is 0 Å². The van der Waals surface area contributed by atoms with Crippen molar-refractivity contribution in [1.29, 1.82) is 0 Å². The largest absolute Gasteiger partial charge is 0.385 e. The van der Waals surface area contributed by atoms with Crippen LogP contribution < -0.4 is 5.32 Å². The quantitative estimate of drug-likeness (QED) is 0.685. The van der Waals surface area contributed by atoms with Crippen LogP contribution in [0.2, 0.25) is 0 Å². The molecular formula is C17H29NO. The first-order valence-corrected chi connectivity index (χ1v) is 7.48. The Bertz CT molecular complexity index is 332. The zero-order valence-corrected chi connectivity index (χ0v) is 12.9. The zero-order valence-electron chi connectivity index (χ0n) is 12.9. The molecule has 2 heteroatoms. The molecule has 1 unspecified atom stereocenters. The van der Waals surface area contributed by atoms with E-state index in [1.165, 1.54) is 17.5 Å². The van der Waals surface area contributed by atoms with E-state index in [4.69, 9.17) is 4.74 Å². The molecule has 0 aromatic heterocycles. The van der Waals surface area contributed by atoms with E-state index >= 15 is 0 Å². The molecule has 19 heavy (non-hydrogen) atoms. The van der Waals surface area contributed by atoms with Crippen LogP contribution in [0.15, 0.2) is 24.3 Å². The number of rotatable bonds is 9. The molecule has 1 rings (SSSR count). The lowest BCUT2D eigenvalue weighted by molar-refractivity contribution is 0.188. The van der Waals surface area contributed by atoms with Gasteiger partial charge < -0.3 is 10.1 Å². The molecule has 0 spiro atoms. The first kappa shape index (κ1) is 16.2. The Balaban J connectivity index is 2.52. The van der Waals surface area contributed by atoms with Crippen molar-refractivity contribution in [3.8, 4) is 0 Å². The minimum Gasteiger partial charge on any atom is -0.385 e. The standard InChI is InChI=1S/C17H29NO/c1-5-18-17(7-6-12-19-4)13-15-8-10-16(11-9-15)14(2)3/h8-11,14,17-18H,5-7,12-13H2,1-4H3. The molecule has 0 radical (unpaired) electrons. The van der Waals surface area contributed by atoms with Gasteiger partial charge in [-0.1, -0.05) is 45.0 Å². The van der Waals surface area contributed by atoms with Gasteiger partial charge in [0.25, 0.3) is 0 Å². The maximum Gasteiger partial charge on any atom is 0.0462 e. The van der Waals surface area contributed by atoms with E-state index in [-0.39, 0.29) is 0 Å².